The summed E-state index contributed by atoms with van der Waals surface area (Å²) >= 11 is 6.02. The first-order chi connectivity index (χ1) is 9.71. The minimum absolute atomic E-state index is 0.0188. The maximum atomic E-state index is 8.65. The van der Waals surface area contributed by atoms with Crippen LogP contribution in [-0.2, 0) is 5.41 Å². The van der Waals surface area contributed by atoms with Gasteiger partial charge in [-0.15, -0.1) is 0 Å². The zero-order valence-corrected chi connectivity index (χ0v) is 13.2. The SMILES string of the molecule is [2H]C([2H])(C(C)C)C(N(C)C)C1(c2ccc(Cl)cc2)CCC1. The monoisotopic (exact) mass is 281 g/mol. The molecule has 0 radical (unpaired) electrons. The Morgan fingerprint density at radius 2 is 1.84 bits per heavy atom. The van der Waals surface area contributed by atoms with E-state index in [1.54, 1.807) is 0 Å². The van der Waals surface area contributed by atoms with Crippen LogP contribution < -0.4 is 0 Å². The lowest BCUT2D eigenvalue weighted by atomic mass is 9.58. The molecule has 2 rings (SSSR count). The number of halogens is 1. The van der Waals surface area contributed by atoms with E-state index in [0.29, 0.717) is 0 Å². The van der Waals surface area contributed by atoms with Gasteiger partial charge in [0.15, 0.2) is 0 Å². The van der Waals surface area contributed by atoms with Crippen LogP contribution in [0.25, 0.3) is 0 Å². The molecule has 0 aliphatic heterocycles. The maximum Gasteiger partial charge on any atom is 0.0406 e. The van der Waals surface area contributed by atoms with Crippen molar-refractivity contribution in [1.82, 2.24) is 4.90 Å². The van der Waals surface area contributed by atoms with Crippen molar-refractivity contribution in [3.8, 4) is 0 Å². The third-order valence-electron chi connectivity index (χ3n) is 4.20. The number of nitrogens with zero attached hydrogens (tertiary/aromatic N) is 1. The van der Waals surface area contributed by atoms with E-state index in [9.17, 15) is 0 Å². The van der Waals surface area contributed by atoms with Gasteiger partial charge in [0.2, 0.25) is 0 Å². The van der Waals surface area contributed by atoms with E-state index in [-0.39, 0.29) is 17.4 Å². The molecule has 0 spiro atoms. The second-order valence-corrected chi connectivity index (χ2v) is 6.64. The molecule has 1 aromatic carbocycles. The summed E-state index contributed by atoms with van der Waals surface area (Å²) in [5, 5.41) is 0.737. The summed E-state index contributed by atoms with van der Waals surface area (Å²) in [4.78, 5) is 2.08. The number of likely N-dealkylation sites (N-methyl/N-ethyl adjacent to an activating group) is 1. The minimum atomic E-state index is -1.23. The molecule has 1 nitrogen and oxygen atoms in total. The first-order valence-electron chi connectivity index (χ1n) is 8.14. The molecule has 1 aliphatic carbocycles. The molecule has 0 heterocycles. The highest BCUT2D eigenvalue weighted by Gasteiger charge is 2.46. The van der Waals surface area contributed by atoms with Crippen LogP contribution in [0, 0.1) is 5.92 Å². The number of hydrogen-bond acceptors (Lipinski definition) is 1. The van der Waals surface area contributed by atoms with Gasteiger partial charge in [-0.3, -0.25) is 0 Å². The second kappa shape index (κ2) is 5.85. The van der Waals surface area contributed by atoms with E-state index >= 15 is 0 Å². The van der Waals surface area contributed by atoms with Gasteiger partial charge in [0.1, 0.15) is 0 Å². The van der Waals surface area contributed by atoms with Crippen LogP contribution in [0.5, 0.6) is 0 Å². The van der Waals surface area contributed by atoms with Crippen LogP contribution in [0.2, 0.25) is 5.02 Å². The Balaban J connectivity index is 2.48. The first kappa shape index (κ1) is 12.2. The lowest BCUT2D eigenvalue weighted by molar-refractivity contribution is 0.0808. The Hall–Kier alpha value is -0.530. The number of benzene rings is 1. The Morgan fingerprint density at radius 3 is 2.21 bits per heavy atom. The molecule has 1 aromatic rings. The minimum Gasteiger partial charge on any atom is -0.306 e. The van der Waals surface area contributed by atoms with Crippen LogP contribution in [0.4, 0.5) is 0 Å². The fourth-order valence-electron chi connectivity index (χ4n) is 3.18. The van der Waals surface area contributed by atoms with E-state index in [1.807, 2.05) is 40.1 Å². The van der Waals surface area contributed by atoms with Crippen LogP contribution in [0.15, 0.2) is 24.3 Å². The van der Waals surface area contributed by atoms with Crippen LogP contribution in [0.1, 0.15) is 47.8 Å². The molecular formula is C17H26ClN. The number of hydrogen-bond donors (Lipinski definition) is 0. The van der Waals surface area contributed by atoms with Crippen molar-refractivity contribution in [3.05, 3.63) is 34.9 Å². The topological polar surface area (TPSA) is 3.24 Å². The van der Waals surface area contributed by atoms with E-state index in [0.717, 1.165) is 17.9 Å². The van der Waals surface area contributed by atoms with Crippen LogP contribution in [0.3, 0.4) is 0 Å². The summed E-state index contributed by atoms with van der Waals surface area (Å²) in [6.07, 6.45) is 2.03. The van der Waals surface area contributed by atoms with Crippen molar-refractivity contribution >= 4 is 11.6 Å². The second-order valence-electron chi connectivity index (χ2n) is 6.20. The molecule has 106 valence electrons. The van der Waals surface area contributed by atoms with Gasteiger partial charge >= 0.3 is 0 Å². The van der Waals surface area contributed by atoms with Gasteiger partial charge in [-0.25, -0.2) is 0 Å². The van der Waals surface area contributed by atoms with Crippen molar-refractivity contribution in [3.63, 3.8) is 0 Å². The maximum absolute atomic E-state index is 8.65. The molecule has 1 atom stereocenters. The Morgan fingerprint density at radius 1 is 1.26 bits per heavy atom. The van der Waals surface area contributed by atoms with Gasteiger partial charge in [-0.1, -0.05) is 44.0 Å². The molecule has 1 aliphatic rings. The largest absolute Gasteiger partial charge is 0.306 e. The van der Waals surface area contributed by atoms with Gasteiger partial charge in [-0.2, -0.15) is 0 Å². The first-order valence-corrected chi connectivity index (χ1v) is 7.52. The third kappa shape index (κ3) is 2.98. The van der Waals surface area contributed by atoms with E-state index in [4.69, 9.17) is 14.3 Å². The van der Waals surface area contributed by atoms with E-state index < -0.39 is 6.37 Å². The normalized spacial score (nSPS) is 21.8. The highest BCUT2D eigenvalue weighted by Crippen LogP contribution is 2.49. The summed E-state index contributed by atoms with van der Waals surface area (Å²) < 4.78 is 17.3. The molecule has 0 N–H and O–H groups in total. The smallest absolute Gasteiger partial charge is 0.0406 e. The molecule has 0 saturated heterocycles. The fraction of sp³-hybridized carbons (Fsp3) is 0.647. The third-order valence-corrected chi connectivity index (χ3v) is 4.45. The molecular weight excluding hydrogens is 254 g/mol. The zero-order valence-electron chi connectivity index (χ0n) is 14.4. The predicted octanol–water partition coefficient (Wildman–Crippen LogP) is 4.74. The summed E-state index contributed by atoms with van der Waals surface area (Å²) in [5.41, 5.74) is 1.13. The van der Waals surface area contributed by atoms with E-state index in [2.05, 4.69) is 17.0 Å². The van der Waals surface area contributed by atoms with Crippen LogP contribution in [-0.4, -0.2) is 25.0 Å². The standard InChI is InChI=1S/C17H26ClN/c1-13(2)12-16(19(3)4)17(10-5-11-17)14-6-8-15(18)9-7-14/h6-9,13,16H,5,10-12H2,1-4H3/i12D2. The highest BCUT2D eigenvalue weighted by atomic mass is 35.5. The average Bonchev–Trinajstić information content (AvgIpc) is 2.33. The van der Waals surface area contributed by atoms with Crippen molar-refractivity contribution in [2.24, 2.45) is 5.92 Å². The summed E-state index contributed by atoms with van der Waals surface area (Å²) in [6.45, 7) is 3.95. The van der Waals surface area contributed by atoms with Crippen molar-refractivity contribution in [2.45, 2.75) is 50.9 Å². The summed E-state index contributed by atoms with van der Waals surface area (Å²) in [5.74, 6) is -0.0188. The Bertz CT molecular complexity index is 478. The molecule has 0 bridgehead atoms. The molecule has 1 saturated carbocycles. The lowest BCUT2D eigenvalue weighted by Crippen LogP contribution is -2.52. The molecule has 0 amide bonds. The molecule has 19 heavy (non-hydrogen) atoms. The molecule has 2 heteroatoms. The summed E-state index contributed by atoms with van der Waals surface area (Å²) in [6, 6.07) is 7.88. The zero-order chi connectivity index (χ0) is 15.8. The van der Waals surface area contributed by atoms with Crippen LogP contribution >= 0.6 is 11.6 Å². The fourth-order valence-corrected chi connectivity index (χ4v) is 3.30. The molecule has 0 aromatic heterocycles. The molecule has 1 unspecified atom stereocenters. The van der Waals surface area contributed by atoms with Gasteiger partial charge < -0.3 is 4.90 Å². The predicted molar refractivity (Wildman–Crippen MR) is 83.9 cm³/mol. The van der Waals surface area contributed by atoms with Gasteiger partial charge in [0, 0.05) is 19.2 Å². The number of rotatable bonds is 5. The van der Waals surface area contributed by atoms with Gasteiger partial charge in [-0.05, 0) is 56.9 Å². The van der Waals surface area contributed by atoms with Gasteiger partial charge in [0.05, 0.1) is 0 Å². The van der Waals surface area contributed by atoms with E-state index in [1.165, 1.54) is 12.0 Å². The van der Waals surface area contributed by atoms with Gasteiger partial charge in [0.25, 0.3) is 0 Å². The molecule has 1 fully saturated rings. The quantitative estimate of drug-likeness (QED) is 0.754. The highest BCUT2D eigenvalue weighted by molar-refractivity contribution is 6.30. The summed E-state index contributed by atoms with van der Waals surface area (Å²) in [7, 11) is 4.00. The Labute approximate surface area is 125 Å². The Kier molecular flexibility index (Phi) is 3.76. The average molecular weight is 282 g/mol. The van der Waals surface area contributed by atoms with Crippen molar-refractivity contribution < 1.29 is 2.74 Å². The van der Waals surface area contributed by atoms with Crippen molar-refractivity contribution in [2.75, 3.05) is 14.1 Å². The lowest BCUT2D eigenvalue weighted by Gasteiger charge is -2.51. The van der Waals surface area contributed by atoms with Crippen molar-refractivity contribution in [1.29, 1.82) is 0 Å².